The summed E-state index contributed by atoms with van der Waals surface area (Å²) in [5.41, 5.74) is 2.75. The van der Waals surface area contributed by atoms with Crippen LogP contribution in [0.2, 0.25) is 0 Å². The molecule has 0 radical (unpaired) electrons. The second-order valence-electron chi connectivity index (χ2n) is 7.36. The van der Waals surface area contributed by atoms with Crippen LogP contribution in [0.1, 0.15) is 50.7 Å². The molecule has 0 spiro atoms. The fourth-order valence-corrected chi connectivity index (χ4v) is 3.72. The van der Waals surface area contributed by atoms with Gasteiger partial charge in [0.2, 0.25) is 21.7 Å². The predicted molar refractivity (Wildman–Crippen MR) is 111 cm³/mol. The molecule has 0 saturated carbocycles. The van der Waals surface area contributed by atoms with Gasteiger partial charge in [0, 0.05) is 10.8 Å². The summed E-state index contributed by atoms with van der Waals surface area (Å²) in [5.74, 6) is 0. The van der Waals surface area contributed by atoms with Gasteiger partial charge in [-0.3, -0.25) is 9.59 Å². The summed E-state index contributed by atoms with van der Waals surface area (Å²) in [6, 6.07) is 10.9. The molecule has 1 heterocycles. The van der Waals surface area contributed by atoms with E-state index in [0.29, 0.717) is 21.9 Å². The molecule has 0 amide bonds. The molecule has 0 saturated heterocycles. The molecule has 2 aliphatic rings. The van der Waals surface area contributed by atoms with E-state index in [1.54, 1.807) is 24.3 Å². The van der Waals surface area contributed by atoms with Crippen LogP contribution in [0.4, 0.5) is 0 Å². The third kappa shape index (κ3) is 3.13. The summed E-state index contributed by atoms with van der Waals surface area (Å²) >= 11 is 0. The predicted octanol–water partition coefficient (Wildman–Crippen LogP) is 5.31. The monoisotopic (exact) mass is 376 g/mol. The molecule has 28 heavy (non-hydrogen) atoms. The van der Waals surface area contributed by atoms with Crippen LogP contribution in [-0.2, 0) is 12.8 Å². The zero-order valence-electron chi connectivity index (χ0n) is 16.3. The van der Waals surface area contributed by atoms with Crippen molar-refractivity contribution in [2.24, 2.45) is 0 Å². The molecule has 0 aromatic heterocycles. The lowest BCUT2D eigenvalue weighted by molar-refractivity contribution is 0.464. The van der Waals surface area contributed by atoms with Crippen molar-refractivity contribution in [2.45, 2.75) is 52.4 Å². The van der Waals surface area contributed by atoms with E-state index in [1.165, 1.54) is 5.56 Å². The maximum Gasteiger partial charge on any atom is 0.233 e. The van der Waals surface area contributed by atoms with Gasteiger partial charge in [-0.15, -0.1) is 0 Å². The maximum absolute atomic E-state index is 12.9. The quantitative estimate of drug-likeness (QED) is 0.457. The Kier molecular flexibility index (Phi) is 5.03. The van der Waals surface area contributed by atoms with Crippen molar-refractivity contribution >= 4 is 21.9 Å². The molecule has 0 bridgehead atoms. The number of unbranched alkanes of at least 4 members (excludes halogenated alkanes) is 2. The first-order chi connectivity index (χ1) is 13.6. The van der Waals surface area contributed by atoms with Crippen molar-refractivity contribution in [1.29, 1.82) is 0 Å². The van der Waals surface area contributed by atoms with Gasteiger partial charge in [0.25, 0.3) is 0 Å². The summed E-state index contributed by atoms with van der Waals surface area (Å²) in [6.45, 7) is 4.31. The molecule has 1 aliphatic carbocycles. The fourth-order valence-electron chi connectivity index (χ4n) is 3.72. The Balaban J connectivity index is 2.09. The van der Waals surface area contributed by atoms with E-state index in [1.807, 2.05) is 6.07 Å². The van der Waals surface area contributed by atoms with Gasteiger partial charge in [0.1, 0.15) is 0 Å². The molecule has 2 aromatic carbocycles. The maximum atomic E-state index is 12.9. The van der Waals surface area contributed by atoms with Crippen molar-refractivity contribution in [3.63, 3.8) is 0 Å². The first-order valence-corrected chi connectivity index (χ1v) is 10.1. The van der Waals surface area contributed by atoms with Crippen molar-refractivity contribution in [1.82, 2.24) is 0 Å². The minimum Gasteiger partial charge on any atom is -0.445 e. The van der Waals surface area contributed by atoms with Crippen LogP contribution in [0.25, 0.3) is 21.9 Å². The highest BCUT2D eigenvalue weighted by Gasteiger charge is 2.15. The molecule has 1 aliphatic heterocycles. The minimum atomic E-state index is -0.301. The Morgan fingerprint density at radius 3 is 2.04 bits per heavy atom. The average molecular weight is 376 g/mol. The number of rotatable bonds is 6. The van der Waals surface area contributed by atoms with E-state index in [9.17, 15) is 9.59 Å². The zero-order valence-corrected chi connectivity index (χ0v) is 16.3. The molecule has 0 unspecified atom stereocenters. The number of aryl methyl sites for hydroxylation is 2. The number of hydrogen-bond donors (Lipinski definition) is 0. The van der Waals surface area contributed by atoms with Gasteiger partial charge in [-0.25, -0.2) is 0 Å². The molecule has 2 aromatic rings. The SMILES string of the molecule is CCCCc1cc(CCCC)c2oc3c(=O)c4ccccc4c(=O)c=3oc2c1. The van der Waals surface area contributed by atoms with Crippen LogP contribution in [0, 0.1) is 10.8 Å². The largest absolute Gasteiger partial charge is 0.445 e. The number of benzene rings is 2. The van der Waals surface area contributed by atoms with E-state index in [4.69, 9.17) is 8.83 Å². The van der Waals surface area contributed by atoms with Crippen LogP contribution in [0.15, 0.2) is 54.8 Å². The first-order valence-electron chi connectivity index (χ1n) is 10.1. The molecule has 144 valence electrons. The van der Waals surface area contributed by atoms with E-state index >= 15 is 0 Å². The van der Waals surface area contributed by atoms with Gasteiger partial charge in [0.15, 0.2) is 11.2 Å². The number of hydrogen-bond acceptors (Lipinski definition) is 4. The molecule has 4 rings (SSSR count). The van der Waals surface area contributed by atoms with Crippen LogP contribution >= 0.6 is 0 Å². The average Bonchev–Trinajstić information content (AvgIpc) is 2.73. The van der Waals surface area contributed by atoms with Crippen LogP contribution in [0.3, 0.4) is 0 Å². The van der Waals surface area contributed by atoms with Gasteiger partial charge in [-0.2, -0.15) is 0 Å². The normalized spacial score (nSPS) is 11.6. The van der Waals surface area contributed by atoms with Gasteiger partial charge >= 0.3 is 0 Å². The Bertz CT molecular complexity index is 1330. The lowest BCUT2D eigenvalue weighted by atomic mass is 10.0. The van der Waals surface area contributed by atoms with Crippen LogP contribution in [-0.4, -0.2) is 0 Å². The van der Waals surface area contributed by atoms with Gasteiger partial charge < -0.3 is 8.83 Å². The van der Waals surface area contributed by atoms with Crippen molar-refractivity contribution in [3.05, 3.63) is 78.8 Å². The fraction of sp³-hybridized carbons (Fsp3) is 0.333. The minimum absolute atomic E-state index is 0.00489. The molecule has 0 N–H and O–H groups in total. The summed E-state index contributed by atoms with van der Waals surface area (Å²) < 4.78 is 12.0. The highest BCUT2D eigenvalue weighted by Crippen LogP contribution is 2.25. The van der Waals surface area contributed by atoms with Crippen LogP contribution < -0.4 is 10.9 Å². The summed E-state index contributed by atoms with van der Waals surface area (Å²) in [6.07, 6.45) is 6.09. The third-order valence-corrected chi connectivity index (χ3v) is 5.26. The summed E-state index contributed by atoms with van der Waals surface area (Å²) in [7, 11) is 0. The van der Waals surface area contributed by atoms with Gasteiger partial charge in [0.05, 0.1) is 0 Å². The van der Waals surface area contributed by atoms with E-state index in [-0.39, 0.29) is 21.7 Å². The highest BCUT2D eigenvalue weighted by atomic mass is 16.4. The van der Waals surface area contributed by atoms with E-state index < -0.39 is 0 Å². The zero-order chi connectivity index (χ0) is 19.7. The topological polar surface area (TPSA) is 60.4 Å². The Morgan fingerprint density at radius 1 is 0.786 bits per heavy atom. The number of fused-ring (bicyclic) bond motifs is 2. The third-order valence-electron chi connectivity index (χ3n) is 5.26. The molecule has 0 fully saturated rings. The van der Waals surface area contributed by atoms with Crippen molar-refractivity contribution < 1.29 is 8.83 Å². The van der Waals surface area contributed by atoms with Gasteiger partial charge in [-0.05, 0) is 42.9 Å². The van der Waals surface area contributed by atoms with E-state index in [0.717, 1.165) is 44.1 Å². The smallest absolute Gasteiger partial charge is 0.233 e. The Hall–Kier alpha value is -2.88. The second kappa shape index (κ2) is 7.63. The molecular formula is C24H24O4. The Morgan fingerprint density at radius 2 is 1.39 bits per heavy atom. The second-order valence-corrected chi connectivity index (χ2v) is 7.36. The lowest BCUT2D eigenvalue weighted by Crippen LogP contribution is -2.15. The first kappa shape index (κ1) is 18.5. The standard InChI is InChI=1S/C24H24O4/c1-3-5-9-15-13-16(10-6-4-2)22-19(14-15)27-23-20(25)17-11-7-8-12-18(17)21(26)24(23)28-22/h7-8,11-14H,3-6,9-10H2,1-2H3. The molecule has 4 heteroatoms. The summed E-state index contributed by atoms with van der Waals surface area (Å²) in [4.78, 5) is 25.8. The van der Waals surface area contributed by atoms with Gasteiger partial charge in [-0.1, -0.05) is 57.0 Å². The molecular weight excluding hydrogens is 352 g/mol. The Labute approximate surface area is 162 Å². The molecule has 0 atom stereocenters. The van der Waals surface area contributed by atoms with Crippen LogP contribution in [0.5, 0.6) is 0 Å². The molecule has 4 nitrogen and oxygen atoms in total. The lowest BCUT2D eigenvalue weighted by Gasteiger charge is -2.09. The van der Waals surface area contributed by atoms with Crippen molar-refractivity contribution in [2.75, 3.05) is 0 Å². The van der Waals surface area contributed by atoms with E-state index in [2.05, 4.69) is 19.9 Å². The summed E-state index contributed by atoms with van der Waals surface area (Å²) in [5, 5.41) is 0.736. The van der Waals surface area contributed by atoms with Crippen molar-refractivity contribution in [3.8, 4) is 0 Å². The highest BCUT2D eigenvalue weighted by molar-refractivity contribution is 5.82.